The molecule has 134 valence electrons. The molecule has 0 saturated carbocycles. The molecule has 1 heterocycles. The number of aromatic nitrogens is 3. The molecule has 7 heteroatoms. The molecule has 0 saturated heterocycles. The summed E-state index contributed by atoms with van der Waals surface area (Å²) in [7, 11) is 0. The molecule has 1 atom stereocenters. The Labute approximate surface area is 147 Å². The summed E-state index contributed by atoms with van der Waals surface area (Å²) in [5.74, 6) is -0.749. The van der Waals surface area contributed by atoms with Crippen LogP contribution in [0.5, 0.6) is 0 Å². The minimum atomic E-state index is -1.17. The number of nitrogens with one attached hydrogen (secondary N) is 1. The monoisotopic (exact) mass is 344 g/mol. The predicted octanol–water partition coefficient (Wildman–Crippen LogP) is 2.61. The van der Waals surface area contributed by atoms with Gasteiger partial charge in [0.1, 0.15) is 6.54 Å². The van der Waals surface area contributed by atoms with Crippen molar-refractivity contribution in [3.05, 3.63) is 47.3 Å². The third-order valence-corrected chi connectivity index (χ3v) is 4.01. The Morgan fingerprint density at radius 3 is 2.20 bits per heavy atom. The molecule has 2 aromatic rings. The van der Waals surface area contributed by atoms with E-state index >= 15 is 0 Å². The van der Waals surface area contributed by atoms with Crippen molar-refractivity contribution in [3.63, 3.8) is 0 Å². The third-order valence-electron chi connectivity index (χ3n) is 4.01. The van der Waals surface area contributed by atoms with Gasteiger partial charge in [-0.3, -0.25) is 4.79 Å². The van der Waals surface area contributed by atoms with Gasteiger partial charge in [0.05, 0.1) is 12.2 Å². The number of aromatic carboxylic acids is 1. The maximum atomic E-state index is 12.3. The van der Waals surface area contributed by atoms with Crippen molar-refractivity contribution in [2.24, 2.45) is 5.92 Å². The number of carboxylic acids is 1. The Balaban J connectivity index is 2.07. The third kappa shape index (κ3) is 4.89. The molecular weight excluding hydrogens is 320 g/mol. The van der Waals surface area contributed by atoms with Gasteiger partial charge in [-0.1, -0.05) is 57.2 Å². The normalized spacial score (nSPS) is 12.4. The van der Waals surface area contributed by atoms with Crippen LogP contribution >= 0.6 is 0 Å². The van der Waals surface area contributed by atoms with E-state index in [9.17, 15) is 9.59 Å². The number of benzene rings is 1. The van der Waals surface area contributed by atoms with Crippen molar-refractivity contribution in [2.45, 2.75) is 46.2 Å². The molecule has 0 aliphatic heterocycles. The topological polar surface area (TPSA) is 97.1 Å². The van der Waals surface area contributed by atoms with Gasteiger partial charge in [0, 0.05) is 0 Å². The van der Waals surface area contributed by atoms with E-state index in [-0.39, 0.29) is 30.1 Å². The number of carbonyl (C=O) groups is 2. The van der Waals surface area contributed by atoms with Crippen LogP contribution in [-0.4, -0.2) is 32.0 Å². The molecular formula is C18H24N4O3. The molecule has 25 heavy (non-hydrogen) atoms. The number of carbonyl (C=O) groups excluding carboxylic acids is 1. The lowest BCUT2D eigenvalue weighted by atomic mass is 9.93. The zero-order chi connectivity index (χ0) is 18.6. The second kappa shape index (κ2) is 7.92. The van der Waals surface area contributed by atoms with Gasteiger partial charge in [0.25, 0.3) is 0 Å². The highest BCUT2D eigenvalue weighted by Crippen LogP contribution is 2.24. The number of rotatable bonds is 7. The Hall–Kier alpha value is -2.70. The summed E-state index contributed by atoms with van der Waals surface area (Å²) in [6, 6.07) is 8.11. The second-order valence-corrected chi connectivity index (χ2v) is 6.72. The van der Waals surface area contributed by atoms with Crippen LogP contribution in [0.4, 0.5) is 0 Å². The van der Waals surface area contributed by atoms with Crippen molar-refractivity contribution in [3.8, 4) is 0 Å². The molecule has 0 spiro atoms. The summed E-state index contributed by atoms with van der Waals surface area (Å²) in [6.45, 7) is 8.28. The van der Waals surface area contributed by atoms with Crippen molar-refractivity contribution in [2.75, 3.05) is 0 Å². The molecule has 0 bridgehead atoms. The van der Waals surface area contributed by atoms with Crippen molar-refractivity contribution in [1.82, 2.24) is 20.3 Å². The first-order valence-corrected chi connectivity index (χ1v) is 8.30. The molecule has 2 rings (SSSR count). The largest absolute Gasteiger partial charge is 0.476 e. The molecule has 0 fully saturated rings. The summed E-state index contributed by atoms with van der Waals surface area (Å²) < 4.78 is 1.22. The van der Waals surface area contributed by atoms with Crippen molar-refractivity contribution in [1.29, 1.82) is 0 Å². The fourth-order valence-electron chi connectivity index (χ4n) is 2.56. The van der Waals surface area contributed by atoms with Crippen LogP contribution in [0.15, 0.2) is 30.5 Å². The fourth-order valence-corrected chi connectivity index (χ4v) is 2.56. The zero-order valence-corrected chi connectivity index (χ0v) is 14.9. The summed E-state index contributed by atoms with van der Waals surface area (Å²) in [5, 5.41) is 19.0. The van der Waals surface area contributed by atoms with Crippen LogP contribution in [0.25, 0.3) is 0 Å². The second-order valence-electron chi connectivity index (χ2n) is 6.72. The van der Waals surface area contributed by atoms with Crippen LogP contribution in [0, 0.1) is 5.92 Å². The predicted molar refractivity (Wildman–Crippen MR) is 93.2 cm³/mol. The van der Waals surface area contributed by atoms with E-state index in [2.05, 4.69) is 41.6 Å². The highest BCUT2D eigenvalue weighted by Gasteiger charge is 2.19. The fraction of sp³-hybridized carbons (Fsp3) is 0.444. The van der Waals surface area contributed by atoms with E-state index in [4.69, 9.17) is 5.11 Å². The lowest BCUT2D eigenvalue weighted by Gasteiger charge is -2.23. The van der Waals surface area contributed by atoms with E-state index in [0.29, 0.717) is 5.92 Å². The van der Waals surface area contributed by atoms with Gasteiger partial charge in [-0.05, 0) is 23.0 Å². The first-order valence-electron chi connectivity index (χ1n) is 8.30. The standard InChI is InChI=1S/C18H24N4O3/c1-11(2)13-5-7-14(8-6-13)17(12(3)4)19-16(23)10-22-9-15(18(24)25)20-21-22/h5-9,11-12,17H,10H2,1-4H3,(H,19,23)(H,24,25). The number of nitrogens with zero attached hydrogens (tertiary/aromatic N) is 3. The van der Waals surface area contributed by atoms with Crippen LogP contribution in [-0.2, 0) is 11.3 Å². The van der Waals surface area contributed by atoms with Gasteiger partial charge >= 0.3 is 5.97 Å². The minimum Gasteiger partial charge on any atom is -0.476 e. The van der Waals surface area contributed by atoms with Gasteiger partial charge in [-0.25, -0.2) is 9.48 Å². The average molecular weight is 344 g/mol. The molecule has 1 aromatic carbocycles. The first kappa shape index (κ1) is 18.6. The zero-order valence-electron chi connectivity index (χ0n) is 14.9. The van der Waals surface area contributed by atoms with E-state index in [1.807, 2.05) is 26.0 Å². The number of amides is 1. The van der Waals surface area contributed by atoms with Crippen molar-refractivity contribution < 1.29 is 14.7 Å². The lowest BCUT2D eigenvalue weighted by Crippen LogP contribution is -2.34. The molecule has 1 amide bonds. The smallest absolute Gasteiger partial charge is 0.358 e. The van der Waals surface area contributed by atoms with Gasteiger partial charge in [-0.15, -0.1) is 5.10 Å². The average Bonchev–Trinajstić information content (AvgIpc) is 3.01. The summed E-state index contributed by atoms with van der Waals surface area (Å²) in [5.41, 5.74) is 2.11. The maximum Gasteiger partial charge on any atom is 0.358 e. The van der Waals surface area contributed by atoms with Crippen LogP contribution in [0.3, 0.4) is 0 Å². The first-order chi connectivity index (χ1) is 11.8. The van der Waals surface area contributed by atoms with Crippen LogP contribution in [0.1, 0.15) is 61.3 Å². The molecule has 0 aliphatic rings. The summed E-state index contributed by atoms with van der Waals surface area (Å²) in [4.78, 5) is 23.1. The van der Waals surface area contributed by atoms with Gasteiger partial charge in [0.15, 0.2) is 5.69 Å². The quantitative estimate of drug-likeness (QED) is 0.805. The minimum absolute atomic E-state index is 0.0758. The van der Waals surface area contributed by atoms with E-state index in [1.165, 1.54) is 16.4 Å². The Morgan fingerprint density at radius 1 is 1.12 bits per heavy atom. The number of carboxylic acid groups (broad SMARTS) is 1. The van der Waals surface area contributed by atoms with E-state index in [0.717, 1.165) is 5.56 Å². The molecule has 0 radical (unpaired) electrons. The van der Waals surface area contributed by atoms with E-state index < -0.39 is 5.97 Å². The Kier molecular flexibility index (Phi) is 5.90. The van der Waals surface area contributed by atoms with Crippen LogP contribution < -0.4 is 5.32 Å². The van der Waals surface area contributed by atoms with Gasteiger partial charge in [0.2, 0.25) is 5.91 Å². The number of hydrogen-bond donors (Lipinski definition) is 2. The highest BCUT2D eigenvalue weighted by molar-refractivity contribution is 5.84. The molecule has 2 N–H and O–H groups in total. The molecule has 0 aliphatic carbocycles. The van der Waals surface area contributed by atoms with Gasteiger partial charge < -0.3 is 10.4 Å². The van der Waals surface area contributed by atoms with Crippen molar-refractivity contribution >= 4 is 11.9 Å². The van der Waals surface area contributed by atoms with E-state index in [1.54, 1.807) is 0 Å². The molecule has 7 nitrogen and oxygen atoms in total. The van der Waals surface area contributed by atoms with Crippen LogP contribution in [0.2, 0.25) is 0 Å². The molecule has 1 unspecified atom stereocenters. The number of hydrogen-bond acceptors (Lipinski definition) is 4. The Morgan fingerprint density at radius 2 is 1.72 bits per heavy atom. The molecule has 1 aromatic heterocycles. The highest BCUT2D eigenvalue weighted by atomic mass is 16.4. The lowest BCUT2D eigenvalue weighted by molar-refractivity contribution is -0.123. The summed E-state index contributed by atoms with van der Waals surface area (Å²) >= 11 is 0. The maximum absolute atomic E-state index is 12.3. The summed E-state index contributed by atoms with van der Waals surface area (Å²) in [6.07, 6.45) is 1.24. The van der Waals surface area contributed by atoms with Gasteiger partial charge in [-0.2, -0.15) is 0 Å². The SMILES string of the molecule is CC(C)c1ccc(C(NC(=O)Cn2cc(C(=O)O)nn2)C(C)C)cc1. The Bertz CT molecular complexity index is 735.